The van der Waals surface area contributed by atoms with Gasteiger partial charge in [-0.1, -0.05) is 19.1 Å². The van der Waals surface area contributed by atoms with E-state index in [1.807, 2.05) is 38.1 Å². The predicted octanol–water partition coefficient (Wildman–Crippen LogP) is 2.40. The van der Waals surface area contributed by atoms with Crippen LogP contribution >= 0.6 is 0 Å². The number of rotatable bonds is 9. The Labute approximate surface area is 126 Å². The van der Waals surface area contributed by atoms with Crippen LogP contribution in [0.2, 0.25) is 0 Å². The van der Waals surface area contributed by atoms with E-state index < -0.39 is 5.54 Å². The Hall–Kier alpha value is -1.75. The Bertz CT molecular complexity index is 450. The summed E-state index contributed by atoms with van der Waals surface area (Å²) in [5, 5.41) is 3.17. The molecular weight excluding hydrogens is 270 g/mol. The third-order valence-corrected chi connectivity index (χ3v) is 3.22. The Kier molecular flexibility index (Phi) is 7.02. The molecule has 0 fully saturated rings. The van der Waals surface area contributed by atoms with Gasteiger partial charge < -0.3 is 19.5 Å². The molecule has 5 heteroatoms. The highest BCUT2D eigenvalue weighted by Gasteiger charge is 2.33. The van der Waals surface area contributed by atoms with Gasteiger partial charge in [-0.25, -0.2) is 0 Å². The first-order chi connectivity index (χ1) is 10.1. The number of likely N-dealkylation sites (N-methyl/N-ethyl adjacent to an activating group) is 1. The number of nitrogens with one attached hydrogen (secondary N) is 1. The Morgan fingerprint density at radius 3 is 2.48 bits per heavy atom. The predicted molar refractivity (Wildman–Crippen MR) is 81.8 cm³/mol. The molecule has 1 atom stereocenters. The summed E-state index contributed by atoms with van der Waals surface area (Å²) in [7, 11) is 1.60. The van der Waals surface area contributed by atoms with Crippen molar-refractivity contribution in [2.45, 2.75) is 32.7 Å². The summed E-state index contributed by atoms with van der Waals surface area (Å²) < 4.78 is 16.1. The maximum absolute atomic E-state index is 12.1. The Balaban J connectivity index is 2.63. The molecule has 0 saturated carbocycles. The molecule has 0 aliphatic rings. The fourth-order valence-corrected chi connectivity index (χ4v) is 2.05. The minimum absolute atomic E-state index is 0.254. The molecule has 0 aliphatic carbocycles. The SMILES string of the molecule is CCNC(C)(CCOc1ccccc1OC)C(=O)OCC. The van der Waals surface area contributed by atoms with Crippen LogP contribution in [-0.2, 0) is 9.53 Å². The summed E-state index contributed by atoms with van der Waals surface area (Å²) in [5.74, 6) is 1.09. The molecule has 0 heterocycles. The number of esters is 1. The molecule has 1 unspecified atom stereocenters. The van der Waals surface area contributed by atoms with Crippen LogP contribution in [-0.4, -0.2) is 38.4 Å². The van der Waals surface area contributed by atoms with Crippen LogP contribution in [0, 0.1) is 0 Å². The number of carbonyl (C=O) groups excluding carboxylic acids is 1. The Morgan fingerprint density at radius 1 is 1.24 bits per heavy atom. The summed E-state index contributed by atoms with van der Waals surface area (Å²) >= 11 is 0. The van der Waals surface area contributed by atoms with Gasteiger partial charge in [0.1, 0.15) is 5.54 Å². The summed E-state index contributed by atoms with van der Waals surface area (Å²) in [6.45, 7) is 7.04. The van der Waals surface area contributed by atoms with E-state index in [1.54, 1.807) is 14.0 Å². The molecule has 1 rings (SSSR count). The maximum Gasteiger partial charge on any atom is 0.326 e. The molecule has 0 aromatic heterocycles. The number of hydrogen-bond acceptors (Lipinski definition) is 5. The highest BCUT2D eigenvalue weighted by atomic mass is 16.5. The second kappa shape index (κ2) is 8.52. The molecular formula is C16H25NO4. The normalized spacial score (nSPS) is 13.3. The monoisotopic (exact) mass is 295 g/mol. The van der Waals surface area contributed by atoms with E-state index in [1.165, 1.54) is 0 Å². The molecule has 0 amide bonds. The van der Waals surface area contributed by atoms with Crippen LogP contribution in [0.15, 0.2) is 24.3 Å². The van der Waals surface area contributed by atoms with E-state index in [2.05, 4.69) is 5.32 Å². The zero-order chi connectivity index (χ0) is 15.7. The first kappa shape index (κ1) is 17.3. The molecule has 0 radical (unpaired) electrons. The number of benzene rings is 1. The standard InChI is InChI=1S/C16H25NO4/c1-5-17-16(3,15(18)20-6-2)11-12-21-14-10-8-7-9-13(14)19-4/h7-10,17H,5-6,11-12H2,1-4H3. The van der Waals surface area contributed by atoms with E-state index in [4.69, 9.17) is 14.2 Å². The van der Waals surface area contributed by atoms with Crippen LogP contribution in [0.1, 0.15) is 27.2 Å². The van der Waals surface area contributed by atoms with E-state index >= 15 is 0 Å². The fraction of sp³-hybridized carbons (Fsp3) is 0.562. The zero-order valence-corrected chi connectivity index (χ0v) is 13.3. The van der Waals surface area contributed by atoms with Gasteiger partial charge in [0.25, 0.3) is 0 Å². The average molecular weight is 295 g/mol. The van der Waals surface area contributed by atoms with Crippen LogP contribution < -0.4 is 14.8 Å². The lowest BCUT2D eigenvalue weighted by Gasteiger charge is -2.28. The van der Waals surface area contributed by atoms with Crippen molar-refractivity contribution >= 4 is 5.97 Å². The van der Waals surface area contributed by atoms with Crippen molar-refractivity contribution in [1.29, 1.82) is 0 Å². The van der Waals surface area contributed by atoms with E-state index in [0.29, 0.717) is 37.7 Å². The van der Waals surface area contributed by atoms with Gasteiger partial charge in [-0.05, 0) is 32.5 Å². The van der Waals surface area contributed by atoms with Crippen molar-refractivity contribution in [2.75, 3.05) is 26.9 Å². The van der Waals surface area contributed by atoms with Gasteiger partial charge in [0.05, 0.1) is 20.3 Å². The lowest BCUT2D eigenvalue weighted by Crippen LogP contribution is -2.51. The lowest BCUT2D eigenvalue weighted by molar-refractivity contribution is -0.151. The van der Waals surface area contributed by atoms with Gasteiger partial charge in [0.15, 0.2) is 11.5 Å². The summed E-state index contributed by atoms with van der Waals surface area (Å²) in [5.41, 5.74) is -0.743. The van der Waals surface area contributed by atoms with Crippen molar-refractivity contribution in [1.82, 2.24) is 5.32 Å². The lowest BCUT2D eigenvalue weighted by atomic mass is 9.98. The molecule has 5 nitrogen and oxygen atoms in total. The summed E-state index contributed by atoms with van der Waals surface area (Å²) in [6, 6.07) is 7.44. The quantitative estimate of drug-likeness (QED) is 0.709. The van der Waals surface area contributed by atoms with Crippen LogP contribution in [0.4, 0.5) is 0 Å². The first-order valence-corrected chi connectivity index (χ1v) is 7.25. The van der Waals surface area contributed by atoms with Gasteiger partial charge in [-0.3, -0.25) is 4.79 Å². The number of carbonyl (C=O) groups is 1. The highest BCUT2D eigenvalue weighted by Crippen LogP contribution is 2.26. The summed E-state index contributed by atoms with van der Waals surface area (Å²) in [4.78, 5) is 12.1. The van der Waals surface area contributed by atoms with Crippen molar-refractivity contribution in [2.24, 2.45) is 0 Å². The first-order valence-electron chi connectivity index (χ1n) is 7.25. The fourth-order valence-electron chi connectivity index (χ4n) is 2.05. The van der Waals surface area contributed by atoms with Crippen LogP contribution in [0.5, 0.6) is 11.5 Å². The van der Waals surface area contributed by atoms with Gasteiger partial charge in [0, 0.05) is 6.42 Å². The molecule has 1 aromatic rings. The van der Waals surface area contributed by atoms with Gasteiger partial charge in [-0.15, -0.1) is 0 Å². The van der Waals surface area contributed by atoms with Gasteiger partial charge in [-0.2, -0.15) is 0 Å². The second-order valence-electron chi connectivity index (χ2n) is 4.83. The van der Waals surface area contributed by atoms with Crippen molar-refractivity contribution in [3.63, 3.8) is 0 Å². The van der Waals surface area contributed by atoms with Crippen molar-refractivity contribution in [3.05, 3.63) is 24.3 Å². The number of hydrogen-bond donors (Lipinski definition) is 1. The van der Waals surface area contributed by atoms with Crippen molar-refractivity contribution < 1.29 is 19.0 Å². The third kappa shape index (κ3) is 4.93. The van der Waals surface area contributed by atoms with Gasteiger partial charge >= 0.3 is 5.97 Å². The molecule has 1 N–H and O–H groups in total. The van der Waals surface area contributed by atoms with Crippen LogP contribution in [0.3, 0.4) is 0 Å². The topological polar surface area (TPSA) is 56.8 Å². The number of ether oxygens (including phenoxy) is 3. The minimum atomic E-state index is -0.743. The Morgan fingerprint density at radius 2 is 1.90 bits per heavy atom. The average Bonchev–Trinajstić information content (AvgIpc) is 2.48. The van der Waals surface area contributed by atoms with Crippen molar-refractivity contribution in [3.8, 4) is 11.5 Å². The zero-order valence-electron chi connectivity index (χ0n) is 13.3. The number of para-hydroxylation sites is 2. The molecule has 118 valence electrons. The molecule has 1 aromatic carbocycles. The molecule has 0 spiro atoms. The van der Waals surface area contributed by atoms with E-state index in [0.717, 1.165) is 0 Å². The third-order valence-electron chi connectivity index (χ3n) is 3.22. The molecule has 21 heavy (non-hydrogen) atoms. The minimum Gasteiger partial charge on any atom is -0.493 e. The van der Waals surface area contributed by atoms with E-state index in [9.17, 15) is 4.79 Å². The molecule has 0 saturated heterocycles. The molecule has 0 aliphatic heterocycles. The molecule has 0 bridgehead atoms. The smallest absolute Gasteiger partial charge is 0.326 e. The number of methoxy groups -OCH3 is 1. The van der Waals surface area contributed by atoms with E-state index in [-0.39, 0.29) is 5.97 Å². The highest BCUT2D eigenvalue weighted by molar-refractivity contribution is 5.80. The largest absolute Gasteiger partial charge is 0.493 e. The second-order valence-corrected chi connectivity index (χ2v) is 4.83. The van der Waals surface area contributed by atoms with Crippen LogP contribution in [0.25, 0.3) is 0 Å². The summed E-state index contributed by atoms with van der Waals surface area (Å²) in [6.07, 6.45) is 0.512. The maximum atomic E-state index is 12.1. The van der Waals surface area contributed by atoms with Gasteiger partial charge in [0.2, 0.25) is 0 Å².